The van der Waals surface area contributed by atoms with Gasteiger partial charge in [-0.25, -0.2) is 0 Å². The molecule has 15 heavy (non-hydrogen) atoms. The molecule has 1 aromatic heterocycles. The summed E-state index contributed by atoms with van der Waals surface area (Å²) in [7, 11) is 0. The number of nitrogens with one attached hydrogen (secondary N) is 1. The van der Waals surface area contributed by atoms with Crippen LogP contribution in [0.2, 0.25) is 0 Å². The third kappa shape index (κ3) is 4.16. The first kappa shape index (κ1) is 12.4. The quantitative estimate of drug-likeness (QED) is 0.857. The maximum atomic E-state index is 5.77. The van der Waals surface area contributed by atoms with E-state index in [4.69, 9.17) is 4.74 Å². The van der Waals surface area contributed by atoms with E-state index in [1.54, 1.807) is 6.20 Å². The second-order valence-corrected chi connectivity index (χ2v) is 3.64. The molecule has 3 nitrogen and oxygen atoms in total. The van der Waals surface area contributed by atoms with E-state index in [2.05, 4.69) is 10.3 Å². The molecule has 84 valence electrons. The Bertz CT molecular complexity index is 263. The average Bonchev–Trinajstić information content (AvgIpc) is 2.29. The summed E-state index contributed by atoms with van der Waals surface area (Å²) in [5, 5.41) is 3.33. The molecule has 0 aliphatic carbocycles. The zero-order chi connectivity index (χ0) is 9.64. The van der Waals surface area contributed by atoms with Crippen molar-refractivity contribution in [2.75, 3.05) is 13.1 Å². The summed E-state index contributed by atoms with van der Waals surface area (Å²) in [5.74, 6) is 0. The lowest BCUT2D eigenvalue weighted by molar-refractivity contribution is 0.0252. The number of hydrogen-bond acceptors (Lipinski definition) is 3. The average molecular weight is 229 g/mol. The smallest absolute Gasteiger partial charge is 0.0736 e. The summed E-state index contributed by atoms with van der Waals surface area (Å²) in [5.41, 5.74) is 1.15. The number of rotatable bonds is 3. The third-order valence-electron chi connectivity index (χ3n) is 2.46. The Morgan fingerprint density at radius 3 is 3.13 bits per heavy atom. The van der Waals surface area contributed by atoms with Crippen LogP contribution in [0.1, 0.15) is 18.4 Å². The van der Waals surface area contributed by atoms with Crippen LogP contribution in [0, 0.1) is 0 Å². The lowest BCUT2D eigenvalue weighted by Gasteiger charge is -2.22. The molecule has 1 aliphatic heterocycles. The van der Waals surface area contributed by atoms with E-state index < -0.39 is 0 Å². The molecule has 0 spiro atoms. The molecule has 0 bridgehead atoms. The lowest BCUT2D eigenvalue weighted by atomic mass is 10.1. The highest BCUT2D eigenvalue weighted by molar-refractivity contribution is 5.85. The van der Waals surface area contributed by atoms with Crippen LogP contribution in [-0.2, 0) is 11.3 Å². The van der Waals surface area contributed by atoms with Gasteiger partial charge in [-0.05, 0) is 31.0 Å². The van der Waals surface area contributed by atoms with Gasteiger partial charge in [0.1, 0.15) is 0 Å². The Hall–Kier alpha value is -0.640. The molecule has 1 fully saturated rings. The Balaban J connectivity index is 0.00000112. The van der Waals surface area contributed by atoms with Crippen molar-refractivity contribution in [3.05, 3.63) is 30.1 Å². The van der Waals surface area contributed by atoms with Crippen molar-refractivity contribution < 1.29 is 4.74 Å². The molecule has 1 aliphatic rings. The van der Waals surface area contributed by atoms with Gasteiger partial charge in [0.15, 0.2) is 0 Å². The van der Waals surface area contributed by atoms with Gasteiger partial charge < -0.3 is 10.1 Å². The predicted octanol–water partition coefficient (Wildman–Crippen LogP) is 1.77. The highest BCUT2D eigenvalue weighted by atomic mass is 35.5. The highest BCUT2D eigenvalue weighted by Gasteiger charge is 2.12. The third-order valence-corrected chi connectivity index (χ3v) is 2.46. The molecular weight excluding hydrogens is 212 g/mol. The number of aromatic nitrogens is 1. The van der Waals surface area contributed by atoms with Gasteiger partial charge in [-0.2, -0.15) is 0 Å². The molecule has 2 rings (SSSR count). The lowest BCUT2D eigenvalue weighted by Crippen LogP contribution is -2.35. The van der Waals surface area contributed by atoms with Gasteiger partial charge in [0.25, 0.3) is 0 Å². The molecule has 1 aromatic rings. The summed E-state index contributed by atoms with van der Waals surface area (Å²) < 4.78 is 5.77. The maximum Gasteiger partial charge on any atom is 0.0736 e. The van der Waals surface area contributed by atoms with E-state index in [-0.39, 0.29) is 12.4 Å². The standard InChI is InChI=1S/C11H16N2O.ClH/c1-3-10(7-12-5-1)9-14-11-4-2-6-13-8-11;/h1,3,5,7,11,13H,2,4,6,8-9H2;1H/t11-;/m1./s1. The first-order chi connectivity index (χ1) is 6.95. The second-order valence-electron chi connectivity index (χ2n) is 3.64. The molecular formula is C11H17ClN2O. The monoisotopic (exact) mass is 228 g/mol. The Kier molecular flexibility index (Phi) is 5.61. The van der Waals surface area contributed by atoms with Crippen LogP contribution >= 0.6 is 12.4 Å². The first-order valence-corrected chi connectivity index (χ1v) is 5.16. The summed E-state index contributed by atoms with van der Waals surface area (Å²) in [6.07, 6.45) is 6.41. The van der Waals surface area contributed by atoms with Gasteiger partial charge in [-0.15, -0.1) is 12.4 Å². The Morgan fingerprint density at radius 1 is 1.53 bits per heavy atom. The van der Waals surface area contributed by atoms with E-state index >= 15 is 0 Å². The molecule has 0 aromatic carbocycles. The number of piperidine rings is 1. The summed E-state index contributed by atoms with van der Waals surface area (Å²) in [6, 6.07) is 3.99. The largest absolute Gasteiger partial charge is 0.372 e. The van der Waals surface area contributed by atoms with Gasteiger partial charge in [0.05, 0.1) is 12.7 Å². The summed E-state index contributed by atoms with van der Waals surface area (Å²) in [4.78, 5) is 4.05. The van der Waals surface area contributed by atoms with Crippen LogP contribution in [0.4, 0.5) is 0 Å². The number of ether oxygens (including phenoxy) is 1. The van der Waals surface area contributed by atoms with Crippen molar-refractivity contribution in [3.63, 3.8) is 0 Å². The molecule has 1 N–H and O–H groups in total. The number of hydrogen-bond donors (Lipinski definition) is 1. The molecule has 1 atom stereocenters. The van der Waals surface area contributed by atoms with Crippen molar-refractivity contribution >= 4 is 12.4 Å². The molecule has 0 radical (unpaired) electrons. The van der Waals surface area contributed by atoms with Gasteiger partial charge in [0, 0.05) is 18.9 Å². The fourth-order valence-corrected chi connectivity index (χ4v) is 1.66. The van der Waals surface area contributed by atoms with Crippen LogP contribution in [-0.4, -0.2) is 24.2 Å². The SMILES string of the molecule is Cl.c1cncc(CO[C@@H]2CCCNC2)c1. The Labute approximate surface area is 96.7 Å². The molecule has 2 heterocycles. The molecule has 0 amide bonds. The van der Waals surface area contributed by atoms with Gasteiger partial charge in [-0.1, -0.05) is 6.07 Å². The van der Waals surface area contributed by atoms with Crippen molar-refractivity contribution in [1.82, 2.24) is 10.3 Å². The van der Waals surface area contributed by atoms with Crippen LogP contribution in [0.5, 0.6) is 0 Å². The second kappa shape index (κ2) is 6.77. The van der Waals surface area contributed by atoms with Crippen molar-refractivity contribution in [2.24, 2.45) is 0 Å². The minimum Gasteiger partial charge on any atom is -0.372 e. The maximum absolute atomic E-state index is 5.77. The van der Waals surface area contributed by atoms with E-state index in [0.717, 1.165) is 18.7 Å². The van der Waals surface area contributed by atoms with Crippen molar-refractivity contribution in [3.8, 4) is 0 Å². The summed E-state index contributed by atoms with van der Waals surface area (Å²) in [6.45, 7) is 2.80. The molecule has 0 saturated carbocycles. The molecule has 1 saturated heterocycles. The highest BCUT2D eigenvalue weighted by Crippen LogP contribution is 2.08. The zero-order valence-corrected chi connectivity index (χ0v) is 9.50. The first-order valence-electron chi connectivity index (χ1n) is 5.16. The van der Waals surface area contributed by atoms with Gasteiger partial charge >= 0.3 is 0 Å². The van der Waals surface area contributed by atoms with Crippen LogP contribution in [0.25, 0.3) is 0 Å². The van der Waals surface area contributed by atoms with Crippen LogP contribution < -0.4 is 5.32 Å². The van der Waals surface area contributed by atoms with E-state index in [0.29, 0.717) is 12.7 Å². The van der Waals surface area contributed by atoms with E-state index in [1.165, 1.54) is 12.8 Å². The number of halogens is 1. The minimum absolute atomic E-state index is 0. The van der Waals surface area contributed by atoms with Crippen LogP contribution in [0.15, 0.2) is 24.5 Å². The molecule has 0 unspecified atom stereocenters. The number of pyridine rings is 1. The summed E-state index contributed by atoms with van der Waals surface area (Å²) >= 11 is 0. The predicted molar refractivity (Wildman–Crippen MR) is 62.2 cm³/mol. The van der Waals surface area contributed by atoms with E-state index in [1.807, 2.05) is 18.3 Å². The van der Waals surface area contributed by atoms with E-state index in [9.17, 15) is 0 Å². The fraction of sp³-hybridized carbons (Fsp3) is 0.545. The number of nitrogens with zero attached hydrogens (tertiary/aromatic N) is 1. The Morgan fingerprint density at radius 2 is 2.47 bits per heavy atom. The minimum atomic E-state index is 0. The van der Waals surface area contributed by atoms with Gasteiger partial charge in [0.2, 0.25) is 0 Å². The zero-order valence-electron chi connectivity index (χ0n) is 8.69. The topological polar surface area (TPSA) is 34.1 Å². The van der Waals surface area contributed by atoms with Crippen molar-refractivity contribution in [2.45, 2.75) is 25.6 Å². The van der Waals surface area contributed by atoms with Crippen LogP contribution in [0.3, 0.4) is 0 Å². The fourth-order valence-electron chi connectivity index (χ4n) is 1.66. The van der Waals surface area contributed by atoms with Gasteiger partial charge in [-0.3, -0.25) is 4.98 Å². The molecule has 4 heteroatoms. The van der Waals surface area contributed by atoms with Crippen molar-refractivity contribution in [1.29, 1.82) is 0 Å². The normalized spacial score (nSPS) is 20.7.